The van der Waals surface area contributed by atoms with Crippen molar-refractivity contribution in [3.05, 3.63) is 104 Å². The van der Waals surface area contributed by atoms with Crippen LogP contribution in [0.15, 0.2) is 69.4 Å². The molecule has 1 atom stereocenters. The predicted molar refractivity (Wildman–Crippen MR) is 101 cm³/mol. The van der Waals surface area contributed by atoms with Gasteiger partial charge in [-0.3, -0.25) is 4.79 Å². The van der Waals surface area contributed by atoms with E-state index in [2.05, 4.69) is 0 Å². The average molecular weight is 356 g/mol. The van der Waals surface area contributed by atoms with Gasteiger partial charge in [0.25, 0.3) is 0 Å². The van der Waals surface area contributed by atoms with Crippen molar-refractivity contribution in [3.63, 3.8) is 0 Å². The Bertz CT molecular complexity index is 1200. The van der Waals surface area contributed by atoms with Gasteiger partial charge in [0.1, 0.15) is 17.3 Å². The van der Waals surface area contributed by atoms with E-state index < -0.39 is 11.5 Å². The van der Waals surface area contributed by atoms with Gasteiger partial charge in [0.15, 0.2) is 5.78 Å². The van der Waals surface area contributed by atoms with Crippen LogP contribution in [-0.4, -0.2) is 5.78 Å². The van der Waals surface area contributed by atoms with E-state index in [-0.39, 0.29) is 5.78 Å². The molecular formula is C23H16O4. The number of ether oxygens (including phenoxy) is 1. The molecule has 132 valence electrons. The molecule has 1 unspecified atom stereocenters. The molecule has 3 aromatic rings. The summed E-state index contributed by atoms with van der Waals surface area (Å²) in [6, 6.07) is 17.0. The summed E-state index contributed by atoms with van der Waals surface area (Å²) in [5.74, 6) is 0.859. The molecule has 0 amide bonds. The van der Waals surface area contributed by atoms with Crippen LogP contribution < -0.4 is 10.4 Å². The lowest BCUT2D eigenvalue weighted by Crippen LogP contribution is -2.24. The number of carbonyl (C=O) groups is 1. The van der Waals surface area contributed by atoms with E-state index in [1.165, 1.54) is 0 Å². The van der Waals surface area contributed by atoms with Gasteiger partial charge in [0, 0.05) is 17.2 Å². The maximum absolute atomic E-state index is 13.2. The fourth-order valence-electron chi connectivity index (χ4n) is 3.93. The standard InChI is InChI=1S/C23H16O4/c1-12-7-9-14(10-8-12)18-19-17(11-13(2)26-23(19)25)27-22-16-6-4-3-5-15(16)21(24)20(18)22/h3-11,18H,1-2H3. The fraction of sp³-hybridized carbons (Fsp3) is 0.130. The van der Waals surface area contributed by atoms with E-state index in [9.17, 15) is 9.59 Å². The van der Waals surface area contributed by atoms with Gasteiger partial charge in [-0.25, -0.2) is 4.79 Å². The Hall–Kier alpha value is -3.40. The number of allylic oxidation sites excluding steroid dienone is 1. The lowest BCUT2D eigenvalue weighted by molar-refractivity contribution is 0.103. The zero-order valence-electron chi connectivity index (χ0n) is 14.9. The number of benzene rings is 2. The first kappa shape index (κ1) is 15.8. The number of aryl methyl sites for hydroxylation is 2. The van der Waals surface area contributed by atoms with Crippen LogP contribution >= 0.6 is 0 Å². The Labute approximate surface area is 155 Å². The quantitative estimate of drug-likeness (QED) is 0.649. The lowest BCUT2D eigenvalue weighted by atomic mass is 9.82. The van der Waals surface area contributed by atoms with Gasteiger partial charge in [0.2, 0.25) is 0 Å². The highest BCUT2D eigenvalue weighted by Gasteiger charge is 2.43. The second-order valence-electron chi connectivity index (χ2n) is 6.99. The maximum atomic E-state index is 13.2. The van der Waals surface area contributed by atoms with Gasteiger partial charge in [-0.1, -0.05) is 54.1 Å². The summed E-state index contributed by atoms with van der Waals surface area (Å²) in [7, 11) is 0. The van der Waals surface area contributed by atoms with E-state index in [1.807, 2.05) is 49.4 Å². The summed E-state index contributed by atoms with van der Waals surface area (Å²) in [6.07, 6.45) is 0. The predicted octanol–water partition coefficient (Wildman–Crippen LogP) is 4.39. The molecule has 0 spiro atoms. The molecule has 5 rings (SSSR count). The summed E-state index contributed by atoms with van der Waals surface area (Å²) in [4.78, 5) is 25.9. The third kappa shape index (κ3) is 2.23. The molecule has 2 heterocycles. The van der Waals surface area contributed by atoms with E-state index in [4.69, 9.17) is 9.15 Å². The van der Waals surface area contributed by atoms with E-state index >= 15 is 0 Å². The molecule has 0 radical (unpaired) electrons. The van der Waals surface area contributed by atoms with Crippen molar-refractivity contribution >= 4 is 11.5 Å². The van der Waals surface area contributed by atoms with Crippen molar-refractivity contribution in [3.8, 4) is 5.75 Å². The van der Waals surface area contributed by atoms with Gasteiger partial charge in [-0.2, -0.15) is 0 Å². The lowest BCUT2D eigenvalue weighted by Gasteiger charge is -2.26. The molecule has 1 aliphatic carbocycles. The first-order chi connectivity index (χ1) is 13.0. The third-order valence-electron chi connectivity index (χ3n) is 5.18. The Morgan fingerprint density at radius 2 is 1.59 bits per heavy atom. The van der Waals surface area contributed by atoms with E-state index in [0.29, 0.717) is 34.0 Å². The van der Waals surface area contributed by atoms with Crippen LogP contribution in [0.5, 0.6) is 5.75 Å². The van der Waals surface area contributed by atoms with E-state index in [0.717, 1.165) is 16.7 Å². The number of fused-ring (bicyclic) bond motifs is 3. The van der Waals surface area contributed by atoms with Crippen molar-refractivity contribution in [1.82, 2.24) is 0 Å². The molecule has 0 N–H and O–H groups in total. The number of hydrogen-bond acceptors (Lipinski definition) is 4. The topological polar surface area (TPSA) is 56.5 Å². The molecule has 0 fully saturated rings. The number of rotatable bonds is 1. The SMILES string of the molecule is Cc1ccc(C2C3=C(Oc4cc(C)oc(=O)c42)c2ccccc2C3=O)cc1. The number of hydrogen-bond donors (Lipinski definition) is 0. The Kier molecular flexibility index (Phi) is 3.25. The van der Waals surface area contributed by atoms with Gasteiger partial charge in [-0.15, -0.1) is 0 Å². The summed E-state index contributed by atoms with van der Waals surface area (Å²) < 4.78 is 11.4. The summed E-state index contributed by atoms with van der Waals surface area (Å²) in [5, 5.41) is 0. The zero-order valence-corrected chi connectivity index (χ0v) is 14.9. The third-order valence-corrected chi connectivity index (χ3v) is 5.18. The Balaban J connectivity index is 1.83. The number of ketones is 1. The highest BCUT2D eigenvalue weighted by molar-refractivity contribution is 6.21. The molecule has 0 saturated carbocycles. The van der Waals surface area contributed by atoms with Crippen molar-refractivity contribution in [1.29, 1.82) is 0 Å². The highest BCUT2D eigenvalue weighted by Crippen LogP contribution is 2.49. The second kappa shape index (κ2) is 5.55. The molecule has 0 saturated heterocycles. The van der Waals surface area contributed by atoms with Crippen LogP contribution in [0.25, 0.3) is 5.76 Å². The minimum Gasteiger partial charge on any atom is -0.456 e. The highest BCUT2D eigenvalue weighted by atomic mass is 16.5. The molecule has 4 heteroatoms. The largest absolute Gasteiger partial charge is 0.456 e. The van der Waals surface area contributed by atoms with Crippen LogP contribution in [0.3, 0.4) is 0 Å². The summed E-state index contributed by atoms with van der Waals surface area (Å²) in [6.45, 7) is 3.71. The van der Waals surface area contributed by atoms with Gasteiger partial charge in [-0.05, 0) is 19.4 Å². The average Bonchev–Trinajstić information content (AvgIpc) is 2.93. The molecule has 0 bridgehead atoms. The van der Waals surface area contributed by atoms with Crippen LogP contribution in [0.2, 0.25) is 0 Å². The summed E-state index contributed by atoms with van der Waals surface area (Å²) >= 11 is 0. The maximum Gasteiger partial charge on any atom is 0.343 e. The van der Waals surface area contributed by atoms with Crippen LogP contribution in [0.1, 0.15) is 44.3 Å². The van der Waals surface area contributed by atoms with Crippen LogP contribution in [-0.2, 0) is 0 Å². The van der Waals surface area contributed by atoms with Crippen molar-refractivity contribution in [2.24, 2.45) is 0 Å². The minimum atomic E-state index is -0.513. The molecule has 2 aromatic carbocycles. The molecule has 1 aromatic heterocycles. The van der Waals surface area contributed by atoms with Crippen molar-refractivity contribution in [2.45, 2.75) is 19.8 Å². The summed E-state index contributed by atoms with van der Waals surface area (Å²) in [5.41, 5.74) is 3.77. The molecule has 1 aliphatic heterocycles. The number of carbonyl (C=O) groups excluding carboxylic acids is 1. The van der Waals surface area contributed by atoms with Gasteiger partial charge < -0.3 is 9.15 Å². The first-order valence-electron chi connectivity index (χ1n) is 8.82. The molecule has 27 heavy (non-hydrogen) atoms. The Morgan fingerprint density at radius 3 is 2.33 bits per heavy atom. The fourth-order valence-corrected chi connectivity index (χ4v) is 3.93. The first-order valence-corrected chi connectivity index (χ1v) is 8.82. The van der Waals surface area contributed by atoms with Gasteiger partial charge in [0.05, 0.1) is 17.1 Å². The molecule has 2 aliphatic rings. The minimum absolute atomic E-state index is 0.100. The second-order valence-corrected chi connectivity index (χ2v) is 6.99. The Morgan fingerprint density at radius 1 is 0.889 bits per heavy atom. The van der Waals surface area contributed by atoms with Crippen molar-refractivity contribution < 1.29 is 13.9 Å². The van der Waals surface area contributed by atoms with Crippen LogP contribution in [0, 0.1) is 13.8 Å². The zero-order chi connectivity index (χ0) is 18.7. The normalized spacial score (nSPS) is 17.3. The monoisotopic (exact) mass is 356 g/mol. The molecule has 4 nitrogen and oxygen atoms in total. The van der Waals surface area contributed by atoms with Crippen LogP contribution in [0.4, 0.5) is 0 Å². The van der Waals surface area contributed by atoms with E-state index in [1.54, 1.807) is 19.1 Å². The van der Waals surface area contributed by atoms with Crippen molar-refractivity contribution in [2.75, 3.05) is 0 Å². The smallest absolute Gasteiger partial charge is 0.343 e. The van der Waals surface area contributed by atoms with Gasteiger partial charge >= 0.3 is 5.63 Å². The number of Topliss-reactive ketones (excluding diaryl/α,β-unsaturated/α-hetero) is 1. The molecular weight excluding hydrogens is 340 g/mol.